The van der Waals surface area contributed by atoms with Crippen molar-refractivity contribution in [2.45, 2.75) is 0 Å². The predicted octanol–water partition coefficient (Wildman–Crippen LogP) is 3.68. The minimum absolute atomic E-state index is 0.232. The van der Waals surface area contributed by atoms with Crippen molar-refractivity contribution in [2.24, 2.45) is 0 Å². The number of hydrogen-bond acceptors (Lipinski definition) is 3. The highest BCUT2D eigenvalue weighted by atomic mass is 16.3. The molecule has 0 fully saturated rings. The smallest absolute Gasteiger partial charge is 0.204 e. The molecule has 0 bridgehead atoms. The molecule has 0 amide bonds. The number of aromatic hydroxyl groups is 1. The lowest BCUT2D eigenvalue weighted by molar-refractivity contribution is 0.475. The summed E-state index contributed by atoms with van der Waals surface area (Å²) in [5.74, 6) is 0.534. The molecule has 0 aliphatic rings. The Balaban J connectivity index is 2.26. The number of phenolic OH excluding ortho intramolecular Hbond substituents is 1. The first-order valence-corrected chi connectivity index (χ1v) is 5.50. The summed E-state index contributed by atoms with van der Waals surface area (Å²) in [6.07, 6.45) is 0. The molecule has 0 atom stereocenters. The van der Waals surface area contributed by atoms with E-state index in [0.29, 0.717) is 11.3 Å². The van der Waals surface area contributed by atoms with Crippen molar-refractivity contribution in [3.8, 4) is 22.9 Å². The van der Waals surface area contributed by atoms with Crippen LogP contribution in [0.5, 0.6) is 5.75 Å². The zero-order chi connectivity index (χ0) is 12.5. The summed E-state index contributed by atoms with van der Waals surface area (Å²) in [7, 11) is 0. The lowest BCUT2D eigenvalue weighted by Gasteiger charge is -2.02. The number of nitrogens with zero attached hydrogens (tertiary/aromatic N) is 1. The fraction of sp³-hybridized carbons (Fsp3) is 0. The largest absolute Gasteiger partial charge is 0.508 e. The van der Waals surface area contributed by atoms with Gasteiger partial charge in [0.2, 0.25) is 5.76 Å². The third-order valence-electron chi connectivity index (χ3n) is 2.85. The molecule has 0 spiro atoms. The van der Waals surface area contributed by atoms with Gasteiger partial charge in [-0.15, -0.1) is 0 Å². The Kier molecular flexibility index (Phi) is 2.28. The number of rotatable bonds is 1. The van der Waals surface area contributed by atoms with Crippen molar-refractivity contribution < 1.29 is 9.52 Å². The van der Waals surface area contributed by atoms with Crippen LogP contribution < -0.4 is 0 Å². The Morgan fingerprint density at radius 2 is 1.83 bits per heavy atom. The van der Waals surface area contributed by atoms with Crippen LogP contribution in [0.2, 0.25) is 0 Å². The van der Waals surface area contributed by atoms with Gasteiger partial charge < -0.3 is 9.52 Å². The summed E-state index contributed by atoms with van der Waals surface area (Å²) in [4.78, 5) is 0. The van der Waals surface area contributed by atoms with E-state index in [-0.39, 0.29) is 5.75 Å². The molecule has 86 valence electrons. The second-order valence-corrected chi connectivity index (χ2v) is 3.99. The fourth-order valence-corrected chi connectivity index (χ4v) is 2.01. The Hall–Kier alpha value is -2.73. The van der Waals surface area contributed by atoms with Crippen LogP contribution in [-0.2, 0) is 0 Å². The molecule has 0 saturated carbocycles. The van der Waals surface area contributed by atoms with Crippen molar-refractivity contribution in [2.75, 3.05) is 0 Å². The second kappa shape index (κ2) is 3.94. The summed E-state index contributed by atoms with van der Waals surface area (Å²) >= 11 is 0. The summed E-state index contributed by atoms with van der Waals surface area (Å²) in [5.41, 5.74) is 2.65. The van der Waals surface area contributed by atoms with Crippen molar-refractivity contribution in [3.05, 3.63) is 54.3 Å². The molecule has 0 aliphatic heterocycles. The van der Waals surface area contributed by atoms with Crippen molar-refractivity contribution in [1.82, 2.24) is 0 Å². The highest BCUT2D eigenvalue weighted by molar-refractivity contribution is 5.94. The summed E-state index contributed by atoms with van der Waals surface area (Å²) in [5, 5.41) is 19.1. The van der Waals surface area contributed by atoms with E-state index in [1.54, 1.807) is 18.2 Å². The molecule has 2 aromatic carbocycles. The SMILES string of the molecule is N#Cc1cc2c(-c3ccc(O)cc3)cccc2o1. The number of hydrogen-bond donors (Lipinski definition) is 1. The van der Waals surface area contributed by atoms with E-state index in [1.165, 1.54) is 0 Å². The van der Waals surface area contributed by atoms with Gasteiger partial charge >= 0.3 is 0 Å². The zero-order valence-corrected chi connectivity index (χ0v) is 9.42. The van der Waals surface area contributed by atoms with Crippen molar-refractivity contribution in [1.29, 1.82) is 5.26 Å². The summed E-state index contributed by atoms with van der Waals surface area (Å²) in [6.45, 7) is 0. The third-order valence-corrected chi connectivity index (χ3v) is 2.85. The minimum atomic E-state index is 0.232. The molecule has 3 aromatic rings. The molecule has 3 rings (SSSR count). The van der Waals surface area contributed by atoms with Crippen molar-refractivity contribution in [3.63, 3.8) is 0 Å². The highest BCUT2D eigenvalue weighted by Gasteiger charge is 2.08. The van der Waals surface area contributed by atoms with Crippen LogP contribution in [0.4, 0.5) is 0 Å². The molecule has 3 nitrogen and oxygen atoms in total. The van der Waals surface area contributed by atoms with Gasteiger partial charge in [-0.05, 0) is 29.3 Å². The van der Waals surface area contributed by atoms with Crippen molar-refractivity contribution >= 4 is 11.0 Å². The van der Waals surface area contributed by atoms with E-state index in [4.69, 9.17) is 9.68 Å². The van der Waals surface area contributed by atoms with Gasteiger partial charge in [0.1, 0.15) is 17.4 Å². The van der Waals surface area contributed by atoms with Crippen LogP contribution in [0.25, 0.3) is 22.1 Å². The Morgan fingerprint density at radius 1 is 1.06 bits per heavy atom. The molecule has 1 heterocycles. The van der Waals surface area contributed by atoms with E-state index in [0.717, 1.165) is 16.5 Å². The molecule has 0 aliphatic carbocycles. The average molecular weight is 235 g/mol. The molecule has 0 saturated heterocycles. The lowest BCUT2D eigenvalue weighted by Crippen LogP contribution is -1.77. The number of furan rings is 1. The van der Waals surface area contributed by atoms with Gasteiger partial charge in [-0.1, -0.05) is 24.3 Å². The normalized spacial score (nSPS) is 10.4. The quantitative estimate of drug-likeness (QED) is 0.700. The average Bonchev–Trinajstić information content (AvgIpc) is 2.82. The monoisotopic (exact) mass is 235 g/mol. The zero-order valence-electron chi connectivity index (χ0n) is 9.42. The van der Waals surface area contributed by atoms with Gasteiger partial charge in [-0.3, -0.25) is 0 Å². The van der Waals surface area contributed by atoms with E-state index in [9.17, 15) is 5.11 Å². The van der Waals surface area contributed by atoms with Gasteiger partial charge in [0.15, 0.2) is 0 Å². The Labute approximate surface area is 104 Å². The van der Waals surface area contributed by atoms with Crippen LogP contribution in [0.15, 0.2) is 52.9 Å². The molecule has 0 radical (unpaired) electrons. The minimum Gasteiger partial charge on any atom is -0.508 e. The van der Waals surface area contributed by atoms with Crippen LogP contribution in [-0.4, -0.2) is 5.11 Å². The van der Waals surface area contributed by atoms with E-state index >= 15 is 0 Å². The van der Waals surface area contributed by atoms with Crippen LogP contribution >= 0.6 is 0 Å². The van der Waals surface area contributed by atoms with E-state index < -0.39 is 0 Å². The standard InChI is InChI=1S/C15H9NO2/c16-9-12-8-14-13(2-1-3-15(14)18-12)10-4-6-11(17)7-5-10/h1-8,17H. The first-order valence-electron chi connectivity index (χ1n) is 5.50. The molecular weight excluding hydrogens is 226 g/mol. The highest BCUT2D eigenvalue weighted by Crippen LogP contribution is 2.31. The molecular formula is C15H9NO2. The third kappa shape index (κ3) is 1.61. The predicted molar refractivity (Wildman–Crippen MR) is 68.0 cm³/mol. The maximum absolute atomic E-state index is 9.30. The van der Waals surface area contributed by atoms with Gasteiger partial charge in [-0.2, -0.15) is 5.26 Å². The number of nitriles is 1. The maximum atomic E-state index is 9.30. The van der Waals surface area contributed by atoms with E-state index in [2.05, 4.69) is 0 Å². The van der Waals surface area contributed by atoms with Crippen LogP contribution in [0, 0.1) is 11.3 Å². The Bertz CT molecular complexity index is 748. The fourth-order valence-electron chi connectivity index (χ4n) is 2.01. The van der Waals surface area contributed by atoms with Gasteiger partial charge in [0.05, 0.1) is 0 Å². The summed E-state index contributed by atoms with van der Waals surface area (Å²) in [6, 6.07) is 16.4. The van der Waals surface area contributed by atoms with Crippen LogP contribution in [0.1, 0.15) is 5.76 Å². The molecule has 0 unspecified atom stereocenters. The van der Waals surface area contributed by atoms with Gasteiger partial charge in [0, 0.05) is 11.5 Å². The Morgan fingerprint density at radius 3 is 2.56 bits per heavy atom. The first kappa shape index (κ1) is 10.4. The molecule has 1 aromatic heterocycles. The lowest BCUT2D eigenvalue weighted by atomic mass is 10.0. The number of phenols is 1. The number of fused-ring (bicyclic) bond motifs is 1. The number of benzene rings is 2. The van der Waals surface area contributed by atoms with Crippen LogP contribution in [0.3, 0.4) is 0 Å². The van der Waals surface area contributed by atoms with Gasteiger partial charge in [0.25, 0.3) is 0 Å². The van der Waals surface area contributed by atoms with Gasteiger partial charge in [-0.25, -0.2) is 0 Å². The topological polar surface area (TPSA) is 57.2 Å². The first-order chi connectivity index (χ1) is 8.78. The molecule has 3 heteroatoms. The molecule has 18 heavy (non-hydrogen) atoms. The molecule has 1 N–H and O–H groups in total. The maximum Gasteiger partial charge on any atom is 0.204 e. The summed E-state index contributed by atoms with van der Waals surface area (Å²) < 4.78 is 5.39. The van der Waals surface area contributed by atoms with E-state index in [1.807, 2.05) is 36.4 Å². The second-order valence-electron chi connectivity index (χ2n) is 3.99.